The number of carbonyl (C=O) groups excluding carboxylic acids is 2. The first kappa shape index (κ1) is 19.0. The fraction of sp³-hybridized carbons (Fsp3) is 0.368. The Morgan fingerprint density at radius 1 is 1.24 bits per heavy atom. The molecule has 3 heterocycles. The highest BCUT2D eigenvalue weighted by Gasteiger charge is 2.37. The monoisotopic (exact) mass is 402 g/mol. The van der Waals surface area contributed by atoms with Crippen LogP contribution in [0.3, 0.4) is 0 Å². The van der Waals surface area contributed by atoms with Gasteiger partial charge in [-0.25, -0.2) is 18.8 Å². The second-order valence-electron chi connectivity index (χ2n) is 6.96. The Kier molecular flexibility index (Phi) is 4.99. The summed E-state index contributed by atoms with van der Waals surface area (Å²) in [5, 5.41) is 10.6. The minimum absolute atomic E-state index is 0.299. The SMILES string of the molecule is CNC(=O)C(=O)NC1C=NN2C=CC(N3CCC[C@@H]3c3cc(F)ccc3F)=NC12. The van der Waals surface area contributed by atoms with E-state index in [-0.39, 0.29) is 6.04 Å². The van der Waals surface area contributed by atoms with Gasteiger partial charge in [-0.15, -0.1) is 0 Å². The molecule has 8 nitrogen and oxygen atoms in total. The van der Waals surface area contributed by atoms with Crippen LogP contribution in [-0.4, -0.2) is 59.6 Å². The van der Waals surface area contributed by atoms with Gasteiger partial charge in [0.15, 0.2) is 6.17 Å². The van der Waals surface area contributed by atoms with Crippen molar-refractivity contribution in [3.8, 4) is 0 Å². The van der Waals surface area contributed by atoms with Crippen LogP contribution in [0.15, 0.2) is 40.6 Å². The van der Waals surface area contributed by atoms with E-state index in [4.69, 9.17) is 0 Å². The van der Waals surface area contributed by atoms with Gasteiger partial charge in [0.05, 0.1) is 12.3 Å². The molecule has 2 amide bonds. The van der Waals surface area contributed by atoms with Crippen molar-refractivity contribution in [2.45, 2.75) is 31.1 Å². The Balaban J connectivity index is 1.56. The van der Waals surface area contributed by atoms with E-state index in [9.17, 15) is 18.4 Å². The maximum absolute atomic E-state index is 14.3. The van der Waals surface area contributed by atoms with Gasteiger partial charge in [-0.3, -0.25) is 9.59 Å². The van der Waals surface area contributed by atoms with E-state index in [0.717, 1.165) is 18.6 Å². The molecule has 0 radical (unpaired) electrons. The number of aliphatic imine (C=N–C) groups is 1. The zero-order valence-corrected chi connectivity index (χ0v) is 15.7. The first-order valence-corrected chi connectivity index (χ1v) is 9.30. The maximum Gasteiger partial charge on any atom is 0.309 e. The van der Waals surface area contributed by atoms with E-state index in [1.165, 1.54) is 19.3 Å². The fourth-order valence-electron chi connectivity index (χ4n) is 3.79. The molecule has 0 bridgehead atoms. The molecule has 1 saturated heterocycles. The summed E-state index contributed by atoms with van der Waals surface area (Å²) in [5.74, 6) is -1.87. The van der Waals surface area contributed by atoms with Gasteiger partial charge in [0.1, 0.15) is 23.5 Å². The van der Waals surface area contributed by atoms with Crippen LogP contribution in [0.4, 0.5) is 8.78 Å². The number of carbonyl (C=O) groups is 2. The number of hydrogen-bond donors (Lipinski definition) is 2. The summed E-state index contributed by atoms with van der Waals surface area (Å²) < 4.78 is 28.0. The third-order valence-electron chi connectivity index (χ3n) is 5.19. The number of likely N-dealkylation sites (tertiary alicyclic amines) is 1. The predicted molar refractivity (Wildman–Crippen MR) is 102 cm³/mol. The summed E-state index contributed by atoms with van der Waals surface area (Å²) in [6.07, 6.45) is 5.92. The molecule has 4 rings (SSSR count). The number of amidine groups is 1. The number of benzene rings is 1. The van der Waals surface area contributed by atoms with Crippen LogP contribution in [0.2, 0.25) is 0 Å². The van der Waals surface area contributed by atoms with Crippen molar-refractivity contribution in [1.82, 2.24) is 20.5 Å². The Labute approximate surface area is 166 Å². The number of nitrogens with zero attached hydrogens (tertiary/aromatic N) is 4. The molecular formula is C19H20F2N6O2. The van der Waals surface area contributed by atoms with E-state index in [1.54, 1.807) is 17.3 Å². The molecule has 3 aliphatic rings. The summed E-state index contributed by atoms with van der Waals surface area (Å²) in [5.41, 5.74) is 0.299. The second kappa shape index (κ2) is 7.61. The summed E-state index contributed by atoms with van der Waals surface area (Å²) in [6, 6.07) is 2.54. The quantitative estimate of drug-likeness (QED) is 0.719. The highest BCUT2D eigenvalue weighted by atomic mass is 19.1. The lowest BCUT2D eigenvalue weighted by Gasteiger charge is -2.32. The molecule has 1 aromatic carbocycles. The zero-order chi connectivity index (χ0) is 20.5. The molecule has 3 aliphatic heterocycles. The van der Waals surface area contributed by atoms with E-state index in [0.29, 0.717) is 24.4 Å². The normalized spacial score (nSPS) is 25.1. The van der Waals surface area contributed by atoms with E-state index >= 15 is 0 Å². The molecule has 2 N–H and O–H groups in total. The minimum atomic E-state index is -0.780. The fourth-order valence-corrected chi connectivity index (χ4v) is 3.79. The van der Waals surface area contributed by atoms with Gasteiger partial charge in [0.2, 0.25) is 0 Å². The van der Waals surface area contributed by atoms with Crippen molar-refractivity contribution in [3.05, 3.63) is 47.7 Å². The van der Waals surface area contributed by atoms with Crippen molar-refractivity contribution in [2.24, 2.45) is 10.1 Å². The average Bonchev–Trinajstić information content (AvgIpc) is 3.36. The Bertz CT molecular complexity index is 931. The third kappa shape index (κ3) is 3.57. The maximum atomic E-state index is 14.3. The molecule has 10 heteroatoms. The first-order chi connectivity index (χ1) is 14.0. The molecular weight excluding hydrogens is 382 g/mol. The Morgan fingerprint density at radius 2 is 2.07 bits per heavy atom. The van der Waals surface area contributed by atoms with Crippen molar-refractivity contribution in [3.63, 3.8) is 0 Å². The molecule has 2 unspecified atom stereocenters. The predicted octanol–water partition coefficient (Wildman–Crippen LogP) is 0.886. The molecule has 1 fully saturated rings. The number of fused-ring (bicyclic) bond motifs is 1. The number of hydrazone groups is 1. The van der Waals surface area contributed by atoms with E-state index in [1.807, 2.05) is 4.90 Å². The summed E-state index contributed by atoms with van der Waals surface area (Å²) in [7, 11) is 1.37. The van der Waals surface area contributed by atoms with Gasteiger partial charge in [-0.05, 0) is 37.1 Å². The number of rotatable bonds is 2. The van der Waals surface area contributed by atoms with Gasteiger partial charge in [0.25, 0.3) is 0 Å². The van der Waals surface area contributed by atoms with Gasteiger partial charge in [-0.1, -0.05) is 0 Å². The molecule has 152 valence electrons. The standard InChI is InChI=1S/C19H20F2N6O2/c1-22-18(28)19(29)24-14-10-23-27-8-6-16(25-17(14)27)26-7-2-3-15(26)12-9-11(20)4-5-13(12)21/h4-6,8-10,14-15,17H,2-3,7H2,1H3,(H,22,28)(H,24,29)/t14?,15-,17?/m1/s1. The number of amides is 2. The smallest absolute Gasteiger partial charge is 0.309 e. The van der Waals surface area contributed by atoms with Gasteiger partial charge in [0, 0.05) is 25.4 Å². The molecule has 0 aliphatic carbocycles. The van der Waals surface area contributed by atoms with Gasteiger partial charge < -0.3 is 15.5 Å². The van der Waals surface area contributed by atoms with Crippen molar-refractivity contribution < 1.29 is 18.4 Å². The average molecular weight is 402 g/mol. The van der Waals surface area contributed by atoms with Crippen LogP contribution in [0.1, 0.15) is 24.4 Å². The lowest BCUT2D eigenvalue weighted by Crippen LogP contribution is -2.50. The van der Waals surface area contributed by atoms with Crippen molar-refractivity contribution in [1.29, 1.82) is 0 Å². The minimum Gasteiger partial charge on any atom is -0.351 e. The largest absolute Gasteiger partial charge is 0.351 e. The molecule has 0 saturated carbocycles. The summed E-state index contributed by atoms with van der Waals surface area (Å²) in [4.78, 5) is 30.0. The van der Waals surface area contributed by atoms with Crippen molar-refractivity contribution in [2.75, 3.05) is 13.6 Å². The van der Waals surface area contributed by atoms with Crippen LogP contribution in [0.25, 0.3) is 0 Å². The highest BCUT2D eigenvalue weighted by molar-refractivity contribution is 6.35. The topological polar surface area (TPSA) is 89.4 Å². The highest BCUT2D eigenvalue weighted by Crippen LogP contribution is 2.35. The van der Waals surface area contributed by atoms with Crippen LogP contribution < -0.4 is 10.6 Å². The molecule has 0 spiro atoms. The van der Waals surface area contributed by atoms with Gasteiger partial charge in [-0.2, -0.15) is 5.10 Å². The zero-order valence-electron chi connectivity index (χ0n) is 15.7. The van der Waals surface area contributed by atoms with Crippen LogP contribution in [-0.2, 0) is 9.59 Å². The van der Waals surface area contributed by atoms with Crippen LogP contribution >= 0.6 is 0 Å². The Hall–Kier alpha value is -3.30. The van der Waals surface area contributed by atoms with Gasteiger partial charge >= 0.3 is 11.8 Å². The second-order valence-corrected chi connectivity index (χ2v) is 6.96. The molecule has 1 aromatic rings. The first-order valence-electron chi connectivity index (χ1n) is 9.30. The molecule has 0 aromatic heterocycles. The lowest BCUT2D eigenvalue weighted by atomic mass is 10.0. The number of hydrogen-bond acceptors (Lipinski definition) is 6. The summed E-state index contributed by atoms with van der Waals surface area (Å²) in [6.45, 7) is 0.645. The molecule has 3 atom stereocenters. The Morgan fingerprint density at radius 3 is 2.86 bits per heavy atom. The number of nitrogens with one attached hydrogen (secondary N) is 2. The van der Waals surface area contributed by atoms with E-state index in [2.05, 4.69) is 20.7 Å². The van der Waals surface area contributed by atoms with Crippen LogP contribution in [0, 0.1) is 11.6 Å². The lowest BCUT2D eigenvalue weighted by molar-refractivity contribution is -0.139. The number of halogens is 2. The van der Waals surface area contributed by atoms with E-state index < -0.39 is 35.7 Å². The number of likely N-dealkylation sites (N-methyl/N-ethyl adjacent to an activating group) is 1. The van der Waals surface area contributed by atoms with Crippen LogP contribution in [0.5, 0.6) is 0 Å². The summed E-state index contributed by atoms with van der Waals surface area (Å²) >= 11 is 0. The van der Waals surface area contributed by atoms with Crippen molar-refractivity contribution >= 4 is 23.9 Å². The molecule has 29 heavy (non-hydrogen) atoms. The third-order valence-corrected chi connectivity index (χ3v) is 5.19.